The molecule has 1 N–H and O–H groups in total. The van der Waals surface area contributed by atoms with Crippen molar-refractivity contribution in [3.05, 3.63) is 64.8 Å². The van der Waals surface area contributed by atoms with Crippen molar-refractivity contribution in [3.63, 3.8) is 0 Å². The number of amides is 1. The molecule has 1 aliphatic heterocycles. The van der Waals surface area contributed by atoms with Gasteiger partial charge in [-0.3, -0.25) is 4.79 Å². The van der Waals surface area contributed by atoms with Crippen LogP contribution in [0.4, 0.5) is 17.6 Å². The second-order valence-corrected chi connectivity index (χ2v) is 7.37. The smallest absolute Gasteiger partial charge is 0.367 e. The first-order valence-electron chi connectivity index (χ1n) is 9.09. The Morgan fingerprint density at radius 3 is 2.57 bits per heavy atom. The van der Waals surface area contributed by atoms with E-state index in [0.717, 1.165) is 23.3 Å². The van der Waals surface area contributed by atoms with E-state index >= 15 is 0 Å². The molecule has 0 bridgehead atoms. The van der Waals surface area contributed by atoms with Crippen LogP contribution in [0.3, 0.4) is 0 Å². The number of alkyl halides is 3. The lowest BCUT2D eigenvalue weighted by Crippen LogP contribution is -2.34. The van der Waals surface area contributed by atoms with Crippen molar-refractivity contribution in [1.82, 2.24) is 10.2 Å². The molecule has 1 aliphatic carbocycles. The summed E-state index contributed by atoms with van der Waals surface area (Å²) in [5, 5.41) is 2.95. The molecule has 1 heterocycles. The number of rotatable bonds is 4. The molecule has 150 valence electrons. The maximum absolute atomic E-state index is 14.4. The molecule has 3 nitrogen and oxygen atoms in total. The average molecular weight is 394 g/mol. The van der Waals surface area contributed by atoms with E-state index in [1.807, 2.05) is 19.9 Å². The Morgan fingerprint density at radius 2 is 1.96 bits per heavy atom. The zero-order valence-corrected chi connectivity index (χ0v) is 15.9. The highest BCUT2D eigenvalue weighted by molar-refractivity contribution is 5.87. The second kappa shape index (κ2) is 7.45. The third-order valence-corrected chi connectivity index (χ3v) is 5.29. The third-order valence-electron chi connectivity index (χ3n) is 5.29. The molecular formula is C21H22F4N2O. The van der Waals surface area contributed by atoms with Gasteiger partial charge in [-0.15, -0.1) is 0 Å². The van der Waals surface area contributed by atoms with Gasteiger partial charge in [-0.1, -0.05) is 12.1 Å². The number of carbonyl (C=O) groups excluding carboxylic acids is 1. The van der Waals surface area contributed by atoms with Gasteiger partial charge in [0, 0.05) is 43.0 Å². The highest BCUT2D eigenvalue weighted by atomic mass is 19.4. The van der Waals surface area contributed by atoms with Crippen LogP contribution in [0, 0.1) is 11.7 Å². The number of fused-ring (bicyclic) bond motifs is 1. The number of nitrogens with zero attached hydrogens (tertiary/aromatic N) is 1. The quantitative estimate of drug-likeness (QED) is 0.739. The van der Waals surface area contributed by atoms with Crippen molar-refractivity contribution in [2.75, 3.05) is 7.05 Å². The number of carbonyl (C=O) groups is 1. The van der Waals surface area contributed by atoms with E-state index in [4.69, 9.17) is 0 Å². The van der Waals surface area contributed by atoms with Gasteiger partial charge in [-0.05, 0) is 49.5 Å². The first kappa shape index (κ1) is 20.2. The Hall–Kier alpha value is -2.57. The van der Waals surface area contributed by atoms with Gasteiger partial charge in [0.05, 0.1) is 5.56 Å². The number of allylic oxidation sites excluding steroid dienone is 4. The lowest BCUT2D eigenvalue weighted by molar-refractivity contribution is -0.137. The Labute approximate surface area is 161 Å². The fraction of sp³-hybridized carbons (Fsp3) is 0.381. The third kappa shape index (κ3) is 3.84. The van der Waals surface area contributed by atoms with Crippen LogP contribution in [0.2, 0.25) is 0 Å². The van der Waals surface area contributed by atoms with Crippen molar-refractivity contribution in [2.45, 2.75) is 38.9 Å². The summed E-state index contributed by atoms with van der Waals surface area (Å²) in [7, 11) is 1.76. The van der Waals surface area contributed by atoms with Gasteiger partial charge in [0.25, 0.3) is 0 Å². The fourth-order valence-corrected chi connectivity index (χ4v) is 3.45. The fourth-order valence-electron chi connectivity index (χ4n) is 3.45. The lowest BCUT2D eigenvalue weighted by Gasteiger charge is -2.25. The summed E-state index contributed by atoms with van der Waals surface area (Å²) < 4.78 is 52.9. The SMILES string of the molecule is CC(C)N(C)C(=O)CC1CC=C2C(c3ccc(C(F)(F)F)cc3F)=CNC=C21. The summed E-state index contributed by atoms with van der Waals surface area (Å²) in [4.78, 5) is 14.1. The largest absolute Gasteiger partial charge is 0.416 e. The lowest BCUT2D eigenvalue weighted by atomic mass is 9.88. The van der Waals surface area contributed by atoms with E-state index in [9.17, 15) is 22.4 Å². The van der Waals surface area contributed by atoms with Gasteiger partial charge >= 0.3 is 6.18 Å². The van der Waals surface area contributed by atoms with Crippen molar-refractivity contribution >= 4 is 11.5 Å². The molecule has 28 heavy (non-hydrogen) atoms. The van der Waals surface area contributed by atoms with Gasteiger partial charge in [0.15, 0.2) is 0 Å². The van der Waals surface area contributed by atoms with Crippen molar-refractivity contribution in [1.29, 1.82) is 0 Å². The normalized spacial score (nSPS) is 18.9. The minimum atomic E-state index is -4.59. The Kier molecular flexibility index (Phi) is 5.37. The predicted molar refractivity (Wildman–Crippen MR) is 99.3 cm³/mol. The molecule has 0 saturated carbocycles. The molecule has 0 radical (unpaired) electrons. The minimum absolute atomic E-state index is 0.0207. The predicted octanol–water partition coefficient (Wildman–Crippen LogP) is 4.88. The molecule has 1 amide bonds. The van der Waals surface area contributed by atoms with E-state index < -0.39 is 17.6 Å². The van der Waals surface area contributed by atoms with Crippen LogP contribution in [0.15, 0.2) is 47.8 Å². The first-order chi connectivity index (χ1) is 13.1. The summed E-state index contributed by atoms with van der Waals surface area (Å²) in [6.07, 6.45) is 1.63. The number of halogens is 4. The van der Waals surface area contributed by atoms with Gasteiger partial charge in [0.2, 0.25) is 5.91 Å². The van der Waals surface area contributed by atoms with Crippen LogP contribution in [0.5, 0.6) is 0 Å². The maximum atomic E-state index is 14.4. The molecule has 1 atom stereocenters. The van der Waals surface area contributed by atoms with Crippen LogP contribution >= 0.6 is 0 Å². The van der Waals surface area contributed by atoms with Crippen LogP contribution in [-0.4, -0.2) is 23.9 Å². The van der Waals surface area contributed by atoms with E-state index in [2.05, 4.69) is 5.32 Å². The molecule has 3 rings (SSSR count). The van der Waals surface area contributed by atoms with Crippen molar-refractivity contribution in [3.8, 4) is 0 Å². The second-order valence-electron chi connectivity index (χ2n) is 7.37. The molecule has 7 heteroatoms. The Bertz CT molecular complexity index is 881. The molecule has 0 aromatic heterocycles. The number of nitrogens with one attached hydrogen (secondary N) is 1. The van der Waals surface area contributed by atoms with Crippen LogP contribution < -0.4 is 5.32 Å². The minimum Gasteiger partial charge on any atom is -0.367 e. The number of benzene rings is 1. The molecule has 1 aromatic rings. The first-order valence-corrected chi connectivity index (χ1v) is 9.09. The average Bonchev–Trinajstić information content (AvgIpc) is 3.03. The van der Waals surface area contributed by atoms with Crippen molar-refractivity contribution < 1.29 is 22.4 Å². The molecule has 0 fully saturated rings. The summed E-state index contributed by atoms with van der Waals surface area (Å²) in [6, 6.07) is 2.64. The van der Waals surface area contributed by atoms with Crippen LogP contribution in [0.1, 0.15) is 37.8 Å². The molecule has 0 saturated heterocycles. The highest BCUT2D eigenvalue weighted by Crippen LogP contribution is 2.43. The van der Waals surface area contributed by atoms with Gasteiger partial charge < -0.3 is 10.2 Å². The van der Waals surface area contributed by atoms with E-state index in [0.29, 0.717) is 24.5 Å². The van der Waals surface area contributed by atoms with Gasteiger partial charge in [0.1, 0.15) is 5.82 Å². The summed E-state index contributed by atoms with van der Waals surface area (Å²) in [5.41, 5.74) is 1.22. The van der Waals surface area contributed by atoms with E-state index in [1.165, 1.54) is 0 Å². The standard InChI is InChI=1S/C21H22F4N2O/c1-12(2)27(3)20(28)8-13-4-6-15-17(13)10-26-11-18(15)16-7-5-14(9-19(16)22)21(23,24)25/h5-7,9-13,26H,4,8H2,1-3H3. The molecule has 1 aromatic carbocycles. The topological polar surface area (TPSA) is 32.3 Å². The molecule has 2 aliphatic rings. The monoisotopic (exact) mass is 394 g/mol. The molecule has 0 spiro atoms. The zero-order valence-electron chi connectivity index (χ0n) is 15.9. The van der Waals surface area contributed by atoms with Gasteiger partial charge in [-0.25, -0.2) is 4.39 Å². The highest BCUT2D eigenvalue weighted by Gasteiger charge is 2.34. The Balaban J connectivity index is 1.81. The maximum Gasteiger partial charge on any atom is 0.416 e. The summed E-state index contributed by atoms with van der Waals surface area (Å²) in [5.74, 6) is -0.950. The number of hydrogen-bond donors (Lipinski definition) is 1. The van der Waals surface area contributed by atoms with E-state index in [-0.39, 0.29) is 23.4 Å². The van der Waals surface area contributed by atoms with Gasteiger partial charge in [-0.2, -0.15) is 13.2 Å². The summed E-state index contributed by atoms with van der Waals surface area (Å²) in [6.45, 7) is 3.87. The zero-order chi connectivity index (χ0) is 20.6. The molecular weight excluding hydrogens is 372 g/mol. The van der Waals surface area contributed by atoms with Crippen LogP contribution in [0.25, 0.3) is 5.57 Å². The summed E-state index contributed by atoms with van der Waals surface area (Å²) >= 11 is 0. The number of hydrogen-bond acceptors (Lipinski definition) is 2. The van der Waals surface area contributed by atoms with E-state index in [1.54, 1.807) is 24.3 Å². The van der Waals surface area contributed by atoms with Crippen molar-refractivity contribution in [2.24, 2.45) is 5.92 Å². The number of dihydropyridines is 1. The molecule has 1 unspecified atom stereocenters. The Morgan fingerprint density at radius 1 is 1.25 bits per heavy atom. The van der Waals surface area contributed by atoms with Crippen LogP contribution in [-0.2, 0) is 11.0 Å².